The van der Waals surface area contributed by atoms with E-state index in [2.05, 4.69) is 0 Å². The zero-order valence-electron chi connectivity index (χ0n) is 9.46. The number of aliphatic hydroxyl groups is 1. The Kier molecular flexibility index (Phi) is 5.06. The van der Waals surface area contributed by atoms with E-state index < -0.39 is 5.60 Å². The third kappa shape index (κ3) is 4.30. The fourth-order valence-corrected chi connectivity index (χ4v) is 1.82. The van der Waals surface area contributed by atoms with Gasteiger partial charge in [0.05, 0.1) is 15.6 Å². The van der Waals surface area contributed by atoms with Gasteiger partial charge in [-0.2, -0.15) is 0 Å². The smallest absolute Gasteiger partial charge is 0.0681 e. The zero-order chi connectivity index (χ0) is 12.2. The van der Waals surface area contributed by atoms with Crippen LogP contribution in [-0.4, -0.2) is 24.4 Å². The molecule has 0 bridgehead atoms. The van der Waals surface area contributed by atoms with Gasteiger partial charge in [0.2, 0.25) is 0 Å². The van der Waals surface area contributed by atoms with E-state index in [4.69, 9.17) is 27.9 Å². The SMILES string of the molecule is COCCC(C)(O)Cc1ccc(Cl)c(Cl)c1. The molecule has 16 heavy (non-hydrogen) atoms. The molecule has 0 fully saturated rings. The minimum Gasteiger partial charge on any atom is -0.390 e. The molecule has 1 atom stereocenters. The van der Waals surface area contributed by atoms with Gasteiger partial charge in [0.1, 0.15) is 0 Å². The van der Waals surface area contributed by atoms with Crippen LogP contribution in [0.1, 0.15) is 18.9 Å². The van der Waals surface area contributed by atoms with Crippen LogP contribution in [0.5, 0.6) is 0 Å². The second-order valence-electron chi connectivity index (χ2n) is 4.16. The first-order valence-electron chi connectivity index (χ1n) is 5.10. The van der Waals surface area contributed by atoms with Crippen molar-refractivity contribution < 1.29 is 9.84 Å². The fourth-order valence-electron chi connectivity index (χ4n) is 1.50. The Bertz CT molecular complexity index is 351. The summed E-state index contributed by atoms with van der Waals surface area (Å²) in [7, 11) is 1.62. The molecule has 0 aliphatic heterocycles. The Labute approximate surface area is 106 Å². The van der Waals surface area contributed by atoms with Crippen molar-refractivity contribution in [2.24, 2.45) is 0 Å². The van der Waals surface area contributed by atoms with E-state index in [9.17, 15) is 5.11 Å². The molecule has 1 N–H and O–H groups in total. The Morgan fingerprint density at radius 3 is 2.56 bits per heavy atom. The Morgan fingerprint density at radius 2 is 2.00 bits per heavy atom. The highest BCUT2D eigenvalue weighted by Crippen LogP contribution is 2.25. The molecule has 0 aromatic heterocycles. The molecule has 90 valence electrons. The standard InChI is InChI=1S/C12H16Cl2O2/c1-12(15,5-6-16-2)8-9-3-4-10(13)11(14)7-9/h3-4,7,15H,5-6,8H2,1-2H3. The lowest BCUT2D eigenvalue weighted by molar-refractivity contribution is 0.0249. The van der Waals surface area contributed by atoms with Crippen molar-refractivity contribution in [3.63, 3.8) is 0 Å². The normalized spacial score (nSPS) is 14.8. The topological polar surface area (TPSA) is 29.5 Å². The van der Waals surface area contributed by atoms with Gasteiger partial charge in [-0.25, -0.2) is 0 Å². The molecular weight excluding hydrogens is 247 g/mol. The predicted molar refractivity (Wildman–Crippen MR) is 67.3 cm³/mol. The minimum absolute atomic E-state index is 0.515. The molecule has 2 nitrogen and oxygen atoms in total. The van der Waals surface area contributed by atoms with Gasteiger partial charge in [-0.3, -0.25) is 0 Å². The van der Waals surface area contributed by atoms with E-state index in [0.29, 0.717) is 29.5 Å². The Hall–Kier alpha value is -0.280. The van der Waals surface area contributed by atoms with Crippen molar-refractivity contribution in [1.82, 2.24) is 0 Å². The molecule has 1 aromatic rings. The fraction of sp³-hybridized carbons (Fsp3) is 0.500. The summed E-state index contributed by atoms with van der Waals surface area (Å²) in [5, 5.41) is 11.1. The van der Waals surface area contributed by atoms with Crippen molar-refractivity contribution in [1.29, 1.82) is 0 Å². The van der Waals surface area contributed by atoms with Crippen LogP contribution < -0.4 is 0 Å². The first-order valence-corrected chi connectivity index (χ1v) is 5.85. The number of halogens is 2. The van der Waals surface area contributed by atoms with E-state index in [1.54, 1.807) is 26.2 Å². The molecule has 0 radical (unpaired) electrons. The molecule has 0 aliphatic rings. The monoisotopic (exact) mass is 262 g/mol. The Morgan fingerprint density at radius 1 is 1.31 bits per heavy atom. The van der Waals surface area contributed by atoms with Crippen LogP contribution in [0, 0.1) is 0 Å². The number of benzene rings is 1. The van der Waals surface area contributed by atoms with Gasteiger partial charge >= 0.3 is 0 Å². The van der Waals surface area contributed by atoms with Gasteiger partial charge in [0.15, 0.2) is 0 Å². The van der Waals surface area contributed by atoms with Crippen molar-refractivity contribution in [2.75, 3.05) is 13.7 Å². The third-order valence-corrected chi connectivity index (χ3v) is 3.15. The molecular formula is C12H16Cl2O2. The van der Waals surface area contributed by atoms with Crippen LogP contribution >= 0.6 is 23.2 Å². The second-order valence-corrected chi connectivity index (χ2v) is 4.98. The molecule has 1 aromatic carbocycles. The van der Waals surface area contributed by atoms with Crippen molar-refractivity contribution >= 4 is 23.2 Å². The number of methoxy groups -OCH3 is 1. The van der Waals surface area contributed by atoms with Crippen LogP contribution in [0.3, 0.4) is 0 Å². The second kappa shape index (κ2) is 5.87. The number of rotatable bonds is 5. The molecule has 1 unspecified atom stereocenters. The van der Waals surface area contributed by atoms with E-state index in [1.807, 2.05) is 6.07 Å². The maximum Gasteiger partial charge on any atom is 0.0681 e. The van der Waals surface area contributed by atoms with Crippen LogP contribution in [0.4, 0.5) is 0 Å². The highest BCUT2D eigenvalue weighted by Gasteiger charge is 2.20. The molecule has 0 spiro atoms. The van der Waals surface area contributed by atoms with E-state index in [1.165, 1.54) is 0 Å². The summed E-state index contributed by atoms with van der Waals surface area (Å²) in [5.41, 5.74) is 0.184. The summed E-state index contributed by atoms with van der Waals surface area (Å²) in [5.74, 6) is 0. The summed E-state index contributed by atoms with van der Waals surface area (Å²) in [6.07, 6.45) is 1.12. The van der Waals surface area contributed by atoms with Gasteiger partial charge < -0.3 is 9.84 Å². The quantitative estimate of drug-likeness (QED) is 0.883. The van der Waals surface area contributed by atoms with Crippen LogP contribution in [0.2, 0.25) is 10.0 Å². The highest BCUT2D eigenvalue weighted by atomic mass is 35.5. The average molecular weight is 263 g/mol. The van der Waals surface area contributed by atoms with E-state index in [0.717, 1.165) is 5.56 Å². The van der Waals surface area contributed by atoms with Gasteiger partial charge in [-0.05, 0) is 31.0 Å². The molecule has 0 heterocycles. The van der Waals surface area contributed by atoms with Crippen molar-refractivity contribution in [3.05, 3.63) is 33.8 Å². The number of hydrogen-bond acceptors (Lipinski definition) is 2. The maximum atomic E-state index is 10.1. The molecule has 4 heteroatoms. The molecule has 1 rings (SSSR count). The lowest BCUT2D eigenvalue weighted by Crippen LogP contribution is -2.28. The maximum absolute atomic E-state index is 10.1. The average Bonchev–Trinajstić information content (AvgIpc) is 2.20. The molecule has 0 saturated heterocycles. The van der Waals surface area contributed by atoms with E-state index in [-0.39, 0.29) is 0 Å². The summed E-state index contributed by atoms with van der Waals surface area (Å²) < 4.78 is 4.95. The summed E-state index contributed by atoms with van der Waals surface area (Å²) in [6, 6.07) is 5.40. The molecule has 0 amide bonds. The summed E-state index contributed by atoms with van der Waals surface area (Å²) in [6.45, 7) is 2.32. The third-order valence-electron chi connectivity index (χ3n) is 2.41. The van der Waals surface area contributed by atoms with Crippen LogP contribution in [0.15, 0.2) is 18.2 Å². The first kappa shape index (κ1) is 13.8. The van der Waals surface area contributed by atoms with Crippen LogP contribution in [-0.2, 0) is 11.2 Å². The summed E-state index contributed by atoms with van der Waals surface area (Å²) in [4.78, 5) is 0. The lowest BCUT2D eigenvalue weighted by atomic mass is 9.94. The number of hydrogen-bond donors (Lipinski definition) is 1. The number of ether oxygens (including phenoxy) is 1. The lowest BCUT2D eigenvalue weighted by Gasteiger charge is -2.23. The largest absolute Gasteiger partial charge is 0.390 e. The van der Waals surface area contributed by atoms with Crippen molar-refractivity contribution in [3.8, 4) is 0 Å². The molecule has 0 saturated carbocycles. The van der Waals surface area contributed by atoms with Crippen molar-refractivity contribution in [2.45, 2.75) is 25.4 Å². The first-order chi connectivity index (χ1) is 7.44. The highest BCUT2D eigenvalue weighted by molar-refractivity contribution is 6.42. The van der Waals surface area contributed by atoms with Gasteiger partial charge in [0, 0.05) is 20.1 Å². The van der Waals surface area contributed by atoms with Gasteiger partial charge in [-0.15, -0.1) is 0 Å². The zero-order valence-corrected chi connectivity index (χ0v) is 11.0. The summed E-state index contributed by atoms with van der Waals surface area (Å²) >= 11 is 11.7. The van der Waals surface area contributed by atoms with Gasteiger partial charge in [0.25, 0.3) is 0 Å². The van der Waals surface area contributed by atoms with Gasteiger partial charge in [-0.1, -0.05) is 29.3 Å². The predicted octanol–water partition coefficient (Wildman–Crippen LogP) is 3.32. The van der Waals surface area contributed by atoms with E-state index >= 15 is 0 Å². The molecule has 0 aliphatic carbocycles. The van der Waals surface area contributed by atoms with Crippen LogP contribution in [0.25, 0.3) is 0 Å². The minimum atomic E-state index is -0.785. The Balaban J connectivity index is 2.68.